The van der Waals surface area contributed by atoms with Crippen LogP contribution < -0.4 is 15.5 Å². The van der Waals surface area contributed by atoms with Crippen LogP contribution in [-0.2, 0) is 0 Å². The summed E-state index contributed by atoms with van der Waals surface area (Å²) in [6.07, 6.45) is 0. The van der Waals surface area contributed by atoms with Gasteiger partial charge in [0.25, 0.3) is 14.2 Å². The van der Waals surface area contributed by atoms with Crippen LogP contribution in [0.25, 0.3) is 22.4 Å². The summed E-state index contributed by atoms with van der Waals surface area (Å²) in [5.41, 5.74) is 9.54. The molecule has 0 bridgehead atoms. The molecule has 0 fully saturated rings. The summed E-state index contributed by atoms with van der Waals surface area (Å²) in [4.78, 5) is 18.2. The maximum Gasteiger partial charge on any atom is 0.266 e. The Bertz CT molecular complexity index is 1550. The summed E-state index contributed by atoms with van der Waals surface area (Å²) in [5.74, 6) is 0.462. The number of nitrogens with two attached hydrogens (primary N) is 1. The number of aromatic nitrogens is 1. The first-order valence-corrected chi connectivity index (χ1v) is 16.2. The minimum Gasteiger partial charge on any atom is -0.543 e. The quantitative estimate of drug-likeness (QED) is 0.183. The van der Waals surface area contributed by atoms with Crippen LogP contribution in [0, 0.1) is 11.3 Å². The summed E-state index contributed by atoms with van der Waals surface area (Å²) in [7, 11) is -2.17. The highest BCUT2D eigenvalue weighted by Gasteiger charge is 2.39. The van der Waals surface area contributed by atoms with Gasteiger partial charge in [-0.25, -0.2) is 4.98 Å². The zero-order valence-electron chi connectivity index (χ0n) is 21.9. The topological polar surface area (TPSA) is 101 Å². The number of carbonyl (C=O) groups is 1. The third kappa shape index (κ3) is 5.75. The van der Waals surface area contributed by atoms with Crippen LogP contribution in [0.4, 0.5) is 11.5 Å². The van der Waals surface area contributed by atoms with Crippen molar-refractivity contribution in [1.29, 1.82) is 5.26 Å². The van der Waals surface area contributed by atoms with Crippen molar-refractivity contribution in [3.05, 3.63) is 81.5 Å². The number of rotatable bonds is 6. The van der Waals surface area contributed by atoms with Crippen molar-refractivity contribution in [2.24, 2.45) is 0 Å². The molecule has 0 unspecified atom stereocenters. The van der Waals surface area contributed by atoms with Gasteiger partial charge in [-0.3, -0.25) is 4.79 Å². The van der Waals surface area contributed by atoms with Crippen LogP contribution in [0.5, 0.6) is 5.75 Å². The molecule has 0 aliphatic rings. The largest absolute Gasteiger partial charge is 0.543 e. The van der Waals surface area contributed by atoms with Crippen molar-refractivity contribution < 1.29 is 9.22 Å². The summed E-state index contributed by atoms with van der Waals surface area (Å²) in [6, 6.07) is 22.4. The standard InChI is InChI=1S/C29H29ClN4O2SSi/c1-29(2,3)38(4,5)36-24-12-7-6-11-20(24)23-16-21(18-9-8-10-19(32)15-18)22(17-31)27(33-23)34-28(35)25-13-14-26(30)37-25/h6-16H,32H2,1-5H3,(H,33,34,35). The van der Waals surface area contributed by atoms with Gasteiger partial charge in [0.15, 0.2) is 5.82 Å². The van der Waals surface area contributed by atoms with Crippen molar-refractivity contribution in [1.82, 2.24) is 4.98 Å². The Morgan fingerprint density at radius 1 is 1.08 bits per heavy atom. The normalized spacial score (nSPS) is 11.6. The molecule has 1 amide bonds. The molecule has 2 aromatic heterocycles. The summed E-state index contributed by atoms with van der Waals surface area (Å²) in [5, 5.41) is 13.0. The number of thiophene rings is 1. The Balaban J connectivity index is 1.91. The Morgan fingerprint density at radius 2 is 1.82 bits per heavy atom. The third-order valence-corrected chi connectivity index (χ3v) is 12.3. The SMILES string of the molecule is CC(C)(C)[Si](C)(C)Oc1ccccc1-c1cc(-c2cccc(N)c2)c(C#N)c(NC(=O)c2ccc(Cl)s2)n1. The molecule has 0 saturated carbocycles. The van der Waals surface area contributed by atoms with E-state index in [2.05, 4.69) is 45.3 Å². The number of amides is 1. The molecule has 0 radical (unpaired) electrons. The molecule has 0 aliphatic carbocycles. The van der Waals surface area contributed by atoms with E-state index in [0.29, 0.717) is 31.9 Å². The molecule has 4 aromatic rings. The Labute approximate surface area is 233 Å². The van der Waals surface area contributed by atoms with Gasteiger partial charge in [-0.15, -0.1) is 11.3 Å². The minimum absolute atomic E-state index is 0.00789. The monoisotopic (exact) mass is 560 g/mol. The van der Waals surface area contributed by atoms with Gasteiger partial charge in [0.1, 0.15) is 17.4 Å². The van der Waals surface area contributed by atoms with Gasteiger partial charge in [-0.2, -0.15) is 5.26 Å². The van der Waals surface area contributed by atoms with Crippen molar-refractivity contribution >= 4 is 48.7 Å². The average molecular weight is 561 g/mol. The predicted molar refractivity (Wildman–Crippen MR) is 159 cm³/mol. The van der Waals surface area contributed by atoms with E-state index < -0.39 is 14.2 Å². The third-order valence-electron chi connectivity index (χ3n) is 6.69. The first kappa shape index (κ1) is 27.4. The van der Waals surface area contributed by atoms with E-state index in [0.717, 1.165) is 22.5 Å². The summed E-state index contributed by atoms with van der Waals surface area (Å²) in [6.45, 7) is 10.9. The van der Waals surface area contributed by atoms with E-state index in [1.807, 2.05) is 42.5 Å². The van der Waals surface area contributed by atoms with E-state index in [4.69, 9.17) is 26.7 Å². The summed E-state index contributed by atoms with van der Waals surface area (Å²) < 4.78 is 7.17. The number of anilines is 2. The smallest absolute Gasteiger partial charge is 0.266 e. The van der Waals surface area contributed by atoms with E-state index in [1.165, 1.54) is 0 Å². The Kier molecular flexibility index (Phi) is 7.65. The zero-order chi connectivity index (χ0) is 27.7. The van der Waals surface area contributed by atoms with E-state index in [9.17, 15) is 10.1 Å². The number of halogens is 1. The lowest BCUT2D eigenvalue weighted by molar-refractivity contribution is 0.103. The average Bonchev–Trinajstić information content (AvgIpc) is 3.29. The number of para-hydroxylation sites is 1. The van der Waals surface area contributed by atoms with Gasteiger partial charge >= 0.3 is 0 Å². The van der Waals surface area contributed by atoms with E-state index in [-0.39, 0.29) is 16.4 Å². The molecule has 3 N–H and O–H groups in total. The number of nitrogens with zero attached hydrogens (tertiary/aromatic N) is 2. The van der Waals surface area contributed by atoms with Crippen molar-refractivity contribution in [2.75, 3.05) is 11.1 Å². The fourth-order valence-corrected chi connectivity index (χ4v) is 5.59. The van der Waals surface area contributed by atoms with Crippen LogP contribution in [0.3, 0.4) is 0 Å². The molecule has 194 valence electrons. The van der Waals surface area contributed by atoms with Crippen molar-refractivity contribution in [3.63, 3.8) is 0 Å². The first-order chi connectivity index (χ1) is 17.9. The second-order valence-electron chi connectivity index (χ2n) is 10.4. The molecule has 0 atom stereocenters. The second-order valence-corrected chi connectivity index (χ2v) is 16.9. The number of pyridine rings is 1. The number of hydrogen-bond acceptors (Lipinski definition) is 6. The predicted octanol–water partition coefficient (Wildman–Crippen LogP) is 8.22. The molecule has 4 rings (SSSR count). The van der Waals surface area contributed by atoms with Crippen LogP contribution in [0.2, 0.25) is 22.5 Å². The van der Waals surface area contributed by atoms with Gasteiger partial charge in [-0.1, -0.05) is 56.6 Å². The Morgan fingerprint density at radius 3 is 2.45 bits per heavy atom. The second kappa shape index (κ2) is 10.6. The molecule has 38 heavy (non-hydrogen) atoms. The van der Waals surface area contributed by atoms with Gasteiger partial charge in [0.2, 0.25) is 0 Å². The van der Waals surface area contributed by atoms with Gasteiger partial charge in [0, 0.05) is 16.8 Å². The fraction of sp³-hybridized carbons (Fsp3) is 0.207. The number of benzene rings is 2. The van der Waals surface area contributed by atoms with Crippen molar-refractivity contribution in [3.8, 4) is 34.2 Å². The summed E-state index contributed by atoms with van der Waals surface area (Å²) >= 11 is 7.20. The van der Waals surface area contributed by atoms with Crippen LogP contribution >= 0.6 is 22.9 Å². The molecule has 0 saturated heterocycles. The van der Waals surface area contributed by atoms with Crippen LogP contribution in [0.15, 0.2) is 66.7 Å². The molecular weight excluding hydrogens is 532 g/mol. The first-order valence-electron chi connectivity index (χ1n) is 12.1. The van der Waals surface area contributed by atoms with Crippen LogP contribution in [-0.4, -0.2) is 19.2 Å². The molecule has 0 spiro atoms. The molecule has 2 aromatic carbocycles. The highest BCUT2D eigenvalue weighted by Crippen LogP contribution is 2.41. The molecule has 9 heteroatoms. The maximum atomic E-state index is 13.1. The number of hydrogen-bond donors (Lipinski definition) is 2. The lowest BCUT2D eigenvalue weighted by Crippen LogP contribution is -2.44. The van der Waals surface area contributed by atoms with Crippen molar-refractivity contribution in [2.45, 2.75) is 38.9 Å². The molecule has 6 nitrogen and oxygen atoms in total. The highest BCUT2D eigenvalue weighted by atomic mass is 35.5. The van der Waals surface area contributed by atoms with E-state index in [1.54, 1.807) is 24.3 Å². The lowest BCUT2D eigenvalue weighted by atomic mass is 9.97. The zero-order valence-corrected chi connectivity index (χ0v) is 24.5. The number of nitriles is 1. The molecule has 0 aliphatic heterocycles. The number of carbonyl (C=O) groups excluding carboxylic acids is 1. The number of nitrogen functional groups attached to an aromatic ring is 1. The van der Waals surface area contributed by atoms with Gasteiger partial charge < -0.3 is 15.5 Å². The Hall–Kier alpha value is -3.64. The molecular formula is C29H29ClN4O2SSi. The van der Waals surface area contributed by atoms with Crippen LogP contribution in [0.1, 0.15) is 36.0 Å². The minimum atomic E-state index is -2.17. The maximum absolute atomic E-state index is 13.1. The molecule has 2 heterocycles. The van der Waals surface area contributed by atoms with E-state index >= 15 is 0 Å². The lowest BCUT2D eigenvalue weighted by Gasteiger charge is -2.37. The highest BCUT2D eigenvalue weighted by molar-refractivity contribution is 7.18. The van der Waals surface area contributed by atoms with Gasteiger partial charge in [0.05, 0.1) is 14.9 Å². The number of nitrogens with one attached hydrogen (secondary N) is 1. The van der Waals surface area contributed by atoms with Gasteiger partial charge in [-0.05, 0) is 66.2 Å². The fourth-order valence-electron chi connectivity index (χ4n) is 3.62.